The highest BCUT2D eigenvalue weighted by Gasteiger charge is 2.21. The summed E-state index contributed by atoms with van der Waals surface area (Å²) >= 11 is 0. The molecule has 5 heteroatoms. The predicted molar refractivity (Wildman–Crippen MR) is 94.6 cm³/mol. The molecule has 0 radical (unpaired) electrons. The molecule has 3 rings (SSSR count). The fourth-order valence-corrected chi connectivity index (χ4v) is 3.79. The van der Waals surface area contributed by atoms with Gasteiger partial charge in [-0.3, -0.25) is 0 Å². The van der Waals surface area contributed by atoms with Crippen LogP contribution in [0.15, 0.2) is 70.0 Å². The number of benzene rings is 2. The van der Waals surface area contributed by atoms with Crippen molar-refractivity contribution in [3.05, 3.63) is 66.2 Å². The highest BCUT2D eigenvalue weighted by molar-refractivity contribution is 7.90. The third-order valence-corrected chi connectivity index (χ3v) is 5.37. The van der Waals surface area contributed by atoms with Crippen LogP contribution in [0.2, 0.25) is 0 Å². The average Bonchev–Trinajstić information content (AvgIpc) is 2.63. The van der Waals surface area contributed by atoms with E-state index >= 15 is 0 Å². The minimum absolute atomic E-state index is 0.0312. The first kappa shape index (κ1) is 16.7. The van der Waals surface area contributed by atoms with Crippen molar-refractivity contribution in [1.82, 2.24) is 0 Å². The Hall–Kier alpha value is -2.14. The molecule has 2 aromatic rings. The maximum absolute atomic E-state index is 12.6. The molecule has 0 spiro atoms. The maximum Gasteiger partial charge on any atom is 0.285 e. The monoisotopic (exact) mass is 343 g/mol. The van der Waals surface area contributed by atoms with Gasteiger partial charge < -0.3 is 4.74 Å². The molecule has 4 nitrogen and oxygen atoms in total. The van der Waals surface area contributed by atoms with Crippen LogP contribution in [0.25, 0.3) is 0 Å². The van der Waals surface area contributed by atoms with Crippen LogP contribution < -0.4 is 0 Å². The highest BCUT2D eigenvalue weighted by Crippen LogP contribution is 2.23. The van der Waals surface area contributed by atoms with E-state index in [9.17, 15) is 8.42 Å². The summed E-state index contributed by atoms with van der Waals surface area (Å²) in [6.45, 7) is 0. The summed E-state index contributed by atoms with van der Waals surface area (Å²) in [5.74, 6) is 0.186. The van der Waals surface area contributed by atoms with Crippen molar-refractivity contribution in [1.29, 1.82) is 0 Å². The number of hydrogen-bond acceptors (Lipinski definition) is 3. The third kappa shape index (κ3) is 4.23. The van der Waals surface area contributed by atoms with E-state index in [4.69, 9.17) is 4.74 Å². The van der Waals surface area contributed by atoms with Crippen LogP contribution in [0, 0.1) is 0 Å². The van der Waals surface area contributed by atoms with Gasteiger partial charge in [-0.2, -0.15) is 8.42 Å². The molecule has 1 aliphatic rings. The summed E-state index contributed by atoms with van der Waals surface area (Å²) in [5, 5.41) is 0. The van der Waals surface area contributed by atoms with Crippen LogP contribution in [0.3, 0.4) is 0 Å². The Morgan fingerprint density at radius 1 is 0.875 bits per heavy atom. The molecule has 0 aliphatic heterocycles. The molecule has 126 valence electrons. The maximum atomic E-state index is 12.6. The molecular formula is C19H21NO3S. The molecule has 2 aromatic carbocycles. The van der Waals surface area contributed by atoms with Gasteiger partial charge in [-0.25, -0.2) is 0 Å². The van der Waals surface area contributed by atoms with E-state index in [1.54, 1.807) is 30.3 Å². The lowest BCUT2D eigenvalue weighted by atomic mass is 9.98. The van der Waals surface area contributed by atoms with Crippen LogP contribution in [0.1, 0.15) is 37.7 Å². The number of hydrogen-bond donors (Lipinski definition) is 0. The minimum Gasteiger partial charge on any atom is -0.473 e. The third-order valence-electron chi connectivity index (χ3n) is 4.10. The Kier molecular flexibility index (Phi) is 5.30. The Morgan fingerprint density at radius 2 is 1.46 bits per heavy atom. The Bertz CT molecular complexity index is 780. The van der Waals surface area contributed by atoms with Crippen molar-refractivity contribution in [2.45, 2.75) is 43.1 Å². The number of sulfonamides is 1. The quantitative estimate of drug-likeness (QED) is 0.618. The zero-order chi connectivity index (χ0) is 16.8. The Labute approximate surface area is 143 Å². The number of nitrogens with zero attached hydrogens (tertiary/aromatic N) is 1. The molecule has 0 saturated heterocycles. The SMILES string of the molecule is O=S(=O)(/N=C(\OC1CCCCC1)c1ccccc1)c1ccccc1. The Balaban J connectivity index is 1.94. The summed E-state index contributed by atoms with van der Waals surface area (Å²) in [6, 6.07) is 17.5. The molecule has 1 saturated carbocycles. The van der Waals surface area contributed by atoms with Gasteiger partial charge in [0, 0.05) is 5.56 Å². The van der Waals surface area contributed by atoms with Crippen LogP contribution in [-0.4, -0.2) is 20.4 Å². The van der Waals surface area contributed by atoms with Gasteiger partial charge in [0.05, 0.1) is 4.90 Å². The van der Waals surface area contributed by atoms with Crippen molar-refractivity contribution >= 4 is 15.9 Å². The minimum atomic E-state index is -3.80. The summed E-state index contributed by atoms with van der Waals surface area (Å²) in [4.78, 5) is 0.172. The van der Waals surface area contributed by atoms with Gasteiger partial charge in [0.15, 0.2) is 0 Å². The van der Waals surface area contributed by atoms with Crippen LogP contribution >= 0.6 is 0 Å². The van der Waals surface area contributed by atoms with E-state index in [2.05, 4.69) is 4.40 Å². The standard InChI is InChI=1S/C19H21NO3S/c21-24(22,18-14-8-3-9-15-18)20-19(16-10-4-1-5-11-16)23-17-12-6-2-7-13-17/h1,3-5,8-11,14-15,17H,2,6-7,12-13H2/b20-19-. The average molecular weight is 343 g/mol. The fraction of sp³-hybridized carbons (Fsp3) is 0.316. The fourth-order valence-electron chi connectivity index (χ4n) is 2.82. The van der Waals surface area contributed by atoms with Gasteiger partial charge in [-0.15, -0.1) is 4.40 Å². The zero-order valence-corrected chi connectivity index (χ0v) is 14.3. The van der Waals surface area contributed by atoms with Crippen molar-refractivity contribution in [2.24, 2.45) is 4.40 Å². The second-order valence-electron chi connectivity index (χ2n) is 5.93. The van der Waals surface area contributed by atoms with E-state index in [0.717, 1.165) is 25.7 Å². The van der Waals surface area contributed by atoms with Crippen LogP contribution in [0.4, 0.5) is 0 Å². The lowest BCUT2D eigenvalue weighted by Crippen LogP contribution is -2.22. The molecule has 24 heavy (non-hydrogen) atoms. The number of rotatable bonds is 4. The lowest BCUT2D eigenvalue weighted by molar-refractivity contribution is 0.144. The summed E-state index contributed by atoms with van der Waals surface area (Å²) in [7, 11) is -3.80. The van der Waals surface area contributed by atoms with Crippen molar-refractivity contribution < 1.29 is 13.2 Å². The van der Waals surface area contributed by atoms with Gasteiger partial charge in [-0.05, 0) is 49.9 Å². The molecule has 0 bridgehead atoms. The largest absolute Gasteiger partial charge is 0.473 e. The van der Waals surface area contributed by atoms with E-state index in [1.165, 1.54) is 6.42 Å². The number of ether oxygens (including phenoxy) is 1. The lowest BCUT2D eigenvalue weighted by Gasteiger charge is -2.23. The highest BCUT2D eigenvalue weighted by atomic mass is 32.2. The second kappa shape index (κ2) is 7.62. The first-order valence-electron chi connectivity index (χ1n) is 8.27. The first-order valence-corrected chi connectivity index (χ1v) is 9.71. The van der Waals surface area contributed by atoms with Gasteiger partial charge in [-0.1, -0.05) is 42.8 Å². The van der Waals surface area contributed by atoms with Crippen molar-refractivity contribution in [3.63, 3.8) is 0 Å². The molecule has 0 atom stereocenters. The molecule has 0 unspecified atom stereocenters. The molecule has 1 fully saturated rings. The molecule has 1 aliphatic carbocycles. The summed E-state index contributed by atoms with van der Waals surface area (Å²) in [6.07, 6.45) is 5.34. The summed E-state index contributed by atoms with van der Waals surface area (Å²) < 4.78 is 35.2. The van der Waals surface area contributed by atoms with Gasteiger partial charge in [0.25, 0.3) is 10.0 Å². The van der Waals surface area contributed by atoms with E-state index in [1.807, 2.05) is 30.3 Å². The van der Waals surface area contributed by atoms with Crippen molar-refractivity contribution in [2.75, 3.05) is 0 Å². The first-order chi connectivity index (χ1) is 11.6. The van der Waals surface area contributed by atoms with E-state index < -0.39 is 10.0 Å². The van der Waals surface area contributed by atoms with E-state index in [-0.39, 0.29) is 16.9 Å². The van der Waals surface area contributed by atoms with Crippen LogP contribution in [-0.2, 0) is 14.8 Å². The smallest absolute Gasteiger partial charge is 0.285 e. The predicted octanol–water partition coefficient (Wildman–Crippen LogP) is 4.17. The molecule has 0 heterocycles. The van der Waals surface area contributed by atoms with Gasteiger partial charge in [0.2, 0.25) is 5.90 Å². The van der Waals surface area contributed by atoms with E-state index in [0.29, 0.717) is 5.56 Å². The van der Waals surface area contributed by atoms with Gasteiger partial charge >= 0.3 is 0 Å². The topological polar surface area (TPSA) is 55.7 Å². The second-order valence-corrected chi connectivity index (χ2v) is 7.53. The van der Waals surface area contributed by atoms with Crippen LogP contribution in [0.5, 0.6) is 0 Å². The zero-order valence-electron chi connectivity index (χ0n) is 13.5. The van der Waals surface area contributed by atoms with Gasteiger partial charge in [0.1, 0.15) is 6.10 Å². The molecule has 0 aromatic heterocycles. The molecule has 0 N–H and O–H groups in total. The Morgan fingerprint density at radius 3 is 2.08 bits per heavy atom. The molecule has 0 amide bonds. The normalized spacial score (nSPS) is 16.8. The summed E-state index contributed by atoms with van der Waals surface area (Å²) in [5.41, 5.74) is 0.683. The van der Waals surface area contributed by atoms with Crippen molar-refractivity contribution in [3.8, 4) is 0 Å². The molecular weight excluding hydrogens is 322 g/mol.